The Morgan fingerprint density at radius 2 is 1.97 bits per heavy atom. The Morgan fingerprint density at radius 3 is 2.77 bits per heavy atom. The second kappa shape index (κ2) is 7.52. The summed E-state index contributed by atoms with van der Waals surface area (Å²) in [6.45, 7) is 10.4. The minimum atomic E-state index is -0.250. The van der Waals surface area contributed by atoms with Crippen molar-refractivity contribution in [3.05, 3.63) is 29.8 Å². The highest BCUT2D eigenvalue weighted by Crippen LogP contribution is 2.63. The molecule has 30 heavy (non-hydrogen) atoms. The van der Waals surface area contributed by atoms with E-state index in [-0.39, 0.29) is 29.0 Å². The lowest BCUT2D eigenvalue weighted by Crippen LogP contribution is -2.66. The zero-order valence-corrected chi connectivity index (χ0v) is 18.6. The van der Waals surface area contributed by atoms with Gasteiger partial charge in [-0.25, -0.2) is 0 Å². The average Bonchev–Trinajstić information content (AvgIpc) is 2.73. The van der Waals surface area contributed by atoms with Gasteiger partial charge < -0.3 is 14.2 Å². The molecule has 0 radical (unpaired) electrons. The summed E-state index contributed by atoms with van der Waals surface area (Å²) < 4.78 is 19.1. The van der Waals surface area contributed by atoms with Crippen LogP contribution in [0.1, 0.15) is 58.1 Å². The summed E-state index contributed by atoms with van der Waals surface area (Å²) in [5.74, 6) is 1.83. The Morgan fingerprint density at radius 1 is 1.20 bits per heavy atom. The van der Waals surface area contributed by atoms with Crippen molar-refractivity contribution < 1.29 is 19.0 Å². The molecule has 164 valence electrons. The van der Waals surface area contributed by atoms with Crippen LogP contribution < -0.4 is 4.74 Å². The highest BCUT2D eigenvalue weighted by atomic mass is 16.5. The topological polar surface area (TPSA) is 48.0 Å². The van der Waals surface area contributed by atoms with E-state index in [1.165, 1.54) is 19.3 Å². The average molecular weight is 414 g/mol. The van der Waals surface area contributed by atoms with Crippen LogP contribution in [0.25, 0.3) is 0 Å². The van der Waals surface area contributed by atoms with Crippen LogP contribution in [0.2, 0.25) is 0 Å². The van der Waals surface area contributed by atoms with Crippen LogP contribution in [-0.2, 0) is 14.3 Å². The summed E-state index contributed by atoms with van der Waals surface area (Å²) in [6.07, 6.45) is 4.65. The molecule has 3 heterocycles. The summed E-state index contributed by atoms with van der Waals surface area (Å²) >= 11 is 0. The van der Waals surface area contributed by atoms with Crippen LogP contribution in [0.15, 0.2) is 24.3 Å². The molecule has 0 aromatic heterocycles. The number of esters is 1. The van der Waals surface area contributed by atoms with E-state index in [0.29, 0.717) is 31.6 Å². The third-order valence-electron chi connectivity index (χ3n) is 8.57. The van der Waals surface area contributed by atoms with Gasteiger partial charge in [0, 0.05) is 16.9 Å². The van der Waals surface area contributed by atoms with Crippen molar-refractivity contribution in [2.45, 2.75) is 58.2 Å². The largest absolute Gasteiger partial charge is 0.487 e. The van der Waals surface area contributed by atoms with E-state index in [9.17, 15) is 4.79 Å². The molecule has 6 unspecified atom stereocenters. The van der Waals surface area contributed by atoms with E-state index in [1.807, 2.05) is 6.07 Å². The van der Waals surface area contributed by atoms with Crippen LogP contribution in [0.5, 0.6) is 5.75 Å². The zero-order chi connectivity index (χ0) is 20.9. The van der Waals surface area contributed by atoms with Gasteiger partial charge in [0.05, 0.1) is 25.9 Å². The van der Waals surface area contributed by atoms with E-state index < -0.39 is 0 Å². The Hall–Kier alpha value is -1.59. The Kier molecular flexibility index (Phi) is 5.10. The van der Waals surface area contributed by atoms with Gasteiger partial charge in [-0.2, -0.15) is 0 Å². The first-order valence-electron chi connectivity index (χ1n) is 11.7. The lowest BCUT2D eigenvalue weighted by Gasteiger charge is -2.63. The molecule has 4 aliphatic rings. The number of benzene rings is 1. The smallest absolute Gasteiger partial charge is 0.320 e. The highest BCUT2D eigenvalue weighted by Gasteiger charge is 2.64. The number of para-hydroxylation sites is 1. The Bertz CT molecular complexity index is 806. The monoisotopic (exact) mass is 413 g/mol. The van der Waals surface area contributed by atoms with Gasteiger partial charge in [0.25, 0.3) is 0 Å². The fourth-order valence-electron chi connectivity index (χ4n) is 6.82. The number of nitrogens with zero attached hydrogens (tertiary/aromatic N) is 1. The molecular weight excluding hydrogens is 378 g/mol. The third kappa shape index (κ3) is 3.16. The predicted octanol–water partition coefficient (Wildman–Crippen LogP) is 4.22. The molecular formula is C25H35NO4. The van der Waals surface area contributed by atoms with Crippen LogP contribution in [0, 0.1) is 23.2 Å². The summed E-state index contributed by atoms with van der Waals surface area (Å²) in [5, 5.41) is 0. The van der Waals surface area contributed by atoms with Crippen molar-refractivity contribution in [2.24, 2.45) is 23.2 Å². The zero-order valence-electron chi connectivity index (χ0n) is 18.6. The first kappa shape index (κ1) is 20.3. The molecule has 0 spiro atoms. The maximum absolute atomic E-state index is 12.6. The summed E-state index contributed by atoms with van der Waals surface area (Å²) in [6, 6.07) is 8.30. The van der Waals surface area contributed by atoms with E-state index in [1.54, 1.807) is 0 Å². The van der Waals surface area contributed by atoms with Crippen molar-refractivity contribution in [3.63, 3.8) is 0 Å². The summed E-state index contributed by atoms with van der Waals surface area (Å²) in [5.41, 5.74) is 0.769. The molecule has 0 amide bonds. The first-order valence-corrected chi connectivity index (χ1v) is 11.7. The minimum absolute atomic E-state index is 0.0552. The standard InChI is InChI=1S/C25H35NO4/c1-17-13-24(3)22-18(2)25(17,15-28-21(27)14-26-11-7-4-8-12-26)16-29-23(22)19-9-5-6-10-20(19)30-24/h5-6,9-10,17-18,22-23H,4,7-8,11-16H2,1-3H3. The Labute approximate surface area is 180 Å². The summed E-state index contributed by atoms with van der Waals surface area (Å²) in [4.78, 5) is 14.8. The molecule has 3 fully saturated rings. The quantitative estimate of drug-likeness (QED) is 0.692. The summed E-state index contributed by atoms with van der Waals surface area (Å²) in [7, 11) is 0. The van der Waals surface area contributed by atoms with Gasteiger partial charge in [0.1, 0.15) is 11.4 Å². The van der Waals surface area contributed by atoms with Crippen molar-refractivity contribution >= 4 is 5.97 Å². The van der Waals surface area contributed by atoms with E-state index in [2.05, 4.69) is 43.9 Å². The van der Waals surface area contributed by atoms with Gasteiger partial charge >= 0.3 is 5.97 Å². The second-order valence-corrected chi connectivity index (χ2v) is 10.3. The maximum atomic E-state index is 12.6. The number of carbonyl (C=O) groups is 1. The molecule has 3 aliphatic heterocycles. The molecule has 1 saturated carbocycles. The molecule has 1 aromatic carbocycles. The van der Waals surface area contributed by atoms with Crippen molar-refractivity contribution in [3.8, 4) is 5.75 Å². The number of ether oxygens (including phenoxy) is 3. The molecule has 2 bridgehead atoms. The van der Waals surface area contributed by atoms with Gasteiger partial charge in [-0.05, 0) is 57.2 Å². The number of piperidine rings is 1. The van der Waals surface area contributed by atoms with Crippen LogP contribution in [0.3, 0.4) is 0 Å². The number of rotatable bonds is 4. The molecule has 0 N–H and O–H groups in total. The molecule has 1 aromatic rings. The first-order chi connectivity index (χ1) is 14.4. The van der Waals surface area contributed by atoms with E-state index >= 15 is 0 Å². The number of hydrogen-bond donors (Lipinski definition) is 0. The third-order valence-corrected chi connectivity index (χ3v) is 8.57. The predicted molar refractivity (Wildman–Crippen MR) is 114 cm³/mol. The van der Waals surface area contributed by atoms with Gasteiger partial charge in [0.2, 0.25) is 0 Å². The maximum Gasteiger partial charge on any atom is 0.320 e. The SMILES string of the molecule is CC1CC2(C)Oc3ccccc3C3OCC1(COC(=O)CN1CCCCC1)C(C)C32. The van der Waals surface area contributed by atoms with Gasteiger partial charge in [-0.3, -0.25) is 9.69 Å². The normalized spacial score (nSPS) is 40.2. The van der Waals surface area contributed by atoms with Crippen LogP contribution >= 0.6 is 0 Å². The fraction of sp³-hybridized carbons (Fsp3) is 0.720. The van der Waals surface area contributed by atoms with Gasteiger partial charge in [-0.15, -0.1) is 0 Å². The van der Waals surface area contributed by atoms with Crippen LogP contribution in [-0.4, -0.2) is 49.3 Å². The molecule has 6 atom stereocenters. The van der Waals surface area contributed by atoms with Crippen molar-refractivity contribution in [2.75, 3.05) is 32.8 Å². The van der Waals surface area contributed by atoms with Crippen molar-refractivity contribution in [1.29, 1.82) is 0 Å². The lowest BCUT2D eigenvalue weighted by atomic mass is 9.50. The number of hydrogen-bond acceptors (Lipinski definition) is 5. The number of fused-ring (bicyclic) bond motifs is 3. The molecule has 5 rings (SSSR count). The van der Waals surface area contributed by atoms with Gasteiger partial charge in [0.15, 0.2) is 0 Å². The van der Waals surface area contributed by atoms with Crippen LogP contribution in [0.4, 0.5) is 0 Å². The lowest BCUT2D eigenvalue weighted by molar-refractivity contribution is -0.262. The van der Waals surface area contributed by atoms with E-state index in [4.69, 9.17) is 14.2 Å². The molecule has 2 saturated heterocycles. The van der Waals surface area contributed by atoms with Gasteiger partial charge in [-0.1, -0.05) is 38.5 Å². The fourth-order valence-corrected chi connectivity index (χ4v) is 6.82. The molecule has 5 heteroatoms. The van der Waals surface area contributed by atoms with E-state index in [0.717, 1.165) is 30.8 Å². The minimum Gasteiger partial charge on any atom is -0.487 e. The highest BCUT2D eigenvalue weighted by molar-refractivity contribution is 5.71. The Balaban J connectivity index is 1.34. The van der Waals surface area contributed by atoms with Crippen molar-refractivity contribution in [1.82, 2.24) is 4.90 Å². The number of likely N-dealkylation sites (tertiary alicyclic amines) is 1. The number of carbonyl (C=O) groups excluding carboxylic acids is 1. The second-order valence-electron chi connectivity index (χ2n) is 10.3. The molecule has 1 aliphatic carbocycles. The molecule has 5 nitrogen and oxygen atoms in total.